The second kappa shape index (κ2) is 8.38. The molecule has 0 unspecified atom stereocenters. The average Bonchev–Trinajstić information content (AvgIpc) is 2.95. The van der Waals surface area contributed by atoms with Crippen LogP contribution < -0.4 is 4.74 Å². The van der Waals surface area contributed by atoms with Crippen molar-refractivity contribution in [3.05, 3.63) is 52.4 Å². The molecular formula is C18H18Cl2N2O4. The number of nitrogens with zero attached hydrogens (tertiary/aromatic N) is 2. The quantitative estimate of drug-likeness (QED) is 0.645. The molecule has 0 saturated heterocycles. The van der Waals surface area contributed by atoms with E-state index in [-0.39, 0.29) is 31.4 Å². The van der Waals surface area contributed by atoms with Gasteiger partial charge in [-0.2, -0.15) is 0 Å². The van der Waals surface area contributed by atoms with E-state index in [1.807, 2.05) is 26.0 Å². The first kappa shape index (κ1) is 20.0. The summed E-state index contributed by atoms with van der Waals surface area (Å²) < 4.78 is 11.2. The van der Waals surface area contributed by atoms with Gasteiger partial charge in [0.05, 0.1) is 22.8 Å². The molecule has 8 heteroatoms. The van der Waals surface area contributed by atoms with Crippen LogP contribution in [0.15, 0.2) is 35.0 Å². The third-order valence-electron chi connectivity index (χ3n) is 3.83. The number of halogens is 2. The summed E-state index contributed by atoms with van der Waals surface area (Å²) in [5.74, 6) is -0.424. The Balaban J connectivity index is 0.00000243. The van der Waals surface area contributed by atoms with Crippen LogP contribution in [0.5, 0.6) is 5.75 Å². The first-order valence-corrected chi connectivity index (χ1v) is 8.20. The topological polar surface area (TPSA) is 85.5 Å². The first-order valence-electron chi connectivity index (χ1n) is 7.83. The zero-order chi connectivity index (χ0) is 18.0. The predicted molar refractivity (Wildman–Crippen MR) is 100 cm³/mol. The van der Waals surface area contributed by atoms with Crippen molar-refractivity contribution in [2.24, 2.45) is 0 Å². The Morgan fingerprint density at radius 2 is 2.15 bits per heavy atom. The zero-order valence-electron chi connectivity index (χ0n) is 14.2. The Labute approximate surface area is 161 Å². The normalized spacial score (nSPS) is 11.8. The standard InChI is InChI=1S/C18H17ClN2O4.ClH/c1-10-3-4-14(20-9-10)11(2)24-17-8-16-12(7-13(17)19)15(21-25-16)5-6-18(22)23;/h3-4,7-9,11H,5-6H2,1-2H3,(H,22,23);1H/t11-;/m1./s1. The first-order chi connectivity index (χ1) is 11.9. The Kier molecular flexibility index (Phi) is 6.45. The number of pyridine rings is 1. The van der Waals surface area contributed by atoms with Gasteiger partial charge >= 0.3 is 5.97 Å². The third kappa shape index (κ3) is 4.45. The highest BCUT2D eigenvalue weighted by Crippen LogP contribution is 2.34. The molecule has 1 atom stereocenters. The number of fused-ring (bicyclic) bond motifs is 1. The van der Waals surface area contributed by atoms with Crippen LogP contribution in [0.4, 0.5) is 0 Å². The number of carboxylic acid groups (broad SMARTS) is 1. The van der Waals surface area contributed by atoms with Crippen molar-refractivity contribution in [2.75, 3.05) is 0 Å². The molecule has 2 heterocycles. The van der Waals surface area contributed by atoms with E-state index in [4.69, 9.17) is 26.0 Å². The number of aliphatic carboxylic acids is 1. The average molecular weight is 397 g/mol. The van der Waals surface area contributed by atoms with Crippen molar-refractivity contribution < 1.29 is 19.2 Å². The van der Waals surface area contributed by atoms with Crippen LogP contribution in [0.25, 0.3) is 11.0 Å². The lowest BCUT2D eigenvalue weighted by molar-refractivity contribution is -0.136. The Morgan fingerprint density at radius 1 is 1.38 bits per heavy atom. The highest BCUT2D eigenvalue weighted by atomic mass is 35.5. The maximum absolute atomic E-state index is 10.7. The molecule has 0 aliphatic carbocycles. The largest absolute Gasteiger partial charge is 0.483 e. The molecule has 1 N–H and O–H groups in total. The predicted octanol–water partition coefficient (Wildman–Crippen LogP) is 4.76. The lowest BCUT2D eigenvalue weighted by Crippen LogP contribution is -2.05. The molecule has 2 aromatic heterocycles. The van der Waals surface area contributed by atoms with Gasteiger partial charge in [0.2, 0.25) is 0 Å². The molecule has 6 nitrogen and oxygen atoms in total. The van der Waals surface area contributed by atoms with E-state index in [9.17, 15) is 4.79 Å². The van der Waals surface area contributed by atoms with Gasteiger partial charge in [-0.05, 0) is 31.5 Å². The van der Waals surface area contributed by atoms with E-state index >= 15 is 0 Å². The van der Waals surface area contributed by atoms with Gasteiger partial charge < -0.3 is 14.4 Å². The van der Waals surface area contributed by atoms with Gasteiger partial charge in [-0.3, -0.25) is 9.78 Å². The fraction of sp³-hybridized carbons (Fsp3) is 0.278. The van der Waals surface area contributed by atoms with Crippen molar-refractivity contribution in [3.8, 4) is 5.75 Å². The fourth-order valence-electron chi connectivity index (χ4n) is 2.46. The molecular weight excluding hydrogens is 379 g/mol. The van der Waals surface area contributed by atoms with Crippen LogP contribution >= 0.6 is 24.0 Å². The van der Waals surface area contributed by atoms with Crippen molar-refractivity contribution >= 4 is 40.9 Å². The SMILES string of the molecule is Cc1ccc([C@@H](C)Oc2cc3onc(CCC(=O)O)c3cc2Cl)nc1.Cl. The lowest BCUT2D eigenvalue weighted by atomic mass is 10.1. The number of hydrogen-bond donors (Lipinski definition) is 1. The summed E-state index contributed by atoms with van der Waals surface area (Å²) in [6.45, 7) is 3.86. The summed E-state index contributed by atoms with van der Waals surface area (Å²) in [6, 6.07) is 7.23. The molecule has 0 radical (unpaired) electrons. The number of benzene rings is 1. The van der Waals surface area contributed by atoms with Gasteiger partial charge in [0, 0.05) is 24.1 Å². The number of rotatable bonds is 6. The van der Waals surface area contributed by atoms with Gasteiger partial charge in [-0.1, -0.05) is 22.8 Å². The number of aryl methyl sites for hydroxylation is 2. The highest BCUT2D eigenvalue weighted by molar-refractivity contribution is 6.32. The molecule has 0 aliphatic rings. The van der Waals surface area contributed by atoms with E-state index in [2.05, 4.69) is 10.1 Å². The highest BCUT2D eigenvalue weighted by Gasteiger charge is 2.16. The van der Waals surface area contributed by atoms with Crippen LogP contribution in [0, 0.1) is 6.92 Å². The number of carbonyl (C=O) groups is 1. The fourth-order valence-corrected chi connectivity index (χ4v) is 2.66. The molecule has 0 aliphatic heterocycles. The van der Waals surface area contributed by atoms with Crippen molar-refractivity contribution in [3.63, 3.8) is 0 Å². The van der Waals surface area contributed by atoms with Crippen LogP contribution in [0.1, 0.15) is 36.4 Å². The molecule has 0 saturated carbocycles. The summed E-state index contributed by atoms with van der Waals surface area (Å²) in [5, 5.41) is 13.8. The van der Waals surface area contributed by atoms with E-state index in [0.717, 1.165) is 11.3 Å². The summed E-state index contributed by atoms with van der Waals surface area (Å²) in [5.41, 5.74) is 2.94. The molecule has 3 rings (SSSR count). The van der Waals surface area contributed by atoms with Gasteiger partial charge in [0.1, 0.15) is 11.9 Å². The van der Waals surface area contributed by atoms with E-state index in [1.54, 1.807) is 18.3 Å². The summed E-state index contributed by atoms with van der Waals surface area (Å²) in [4.78, 5) is 15.1. The maximum Gasteiger partial charge on any atom is 0.303 e. The van der Waals surface area contributed by atoms with Gasteiger partial charge in [0.25, 0.3) is 0 Å². The maximum atomic E-state index is 10.7. The summed E-state index contributed by atoms with van der Waals surface area (Å²) >= 11 is 6.32. The van der Waals surface area contributed by atoms with Gasteiger partial charge in [0.15, 0.2) is 5.58 Å². The number of carboxylic acids is 1. The lowest BCUT2D eigenvalue weighted by Gasteiger charge is -2.15. The minimum atomic E-state index is -0.887. The van der Waals surface area contributed by atoms with Gasteiger partial charge in [-0.25, -0.2) is 0 Å². The van der Waals surface area contributed by atoms with Crippen LogP contribution in [0.2, 0.25) is 5.02 Å². The summed E-state index contributed by atoms with van der Waals surface area (Å²) in [6.07, 6.45) is 1.76. The van der Waals surface area contributed by atoms with E-state index in [1.165, 1.54) is 0 Å². The molecule has 0 bridgehead atoms. The Bertz CT molecular complexity index is 909. The Morgan fingerprint density at radius 3 is 2.81 bits per heavy atom. The second-order valence-corrected chi connectivity index (χ2v) is 6.23. The van der Waals surface area contributed by atoms with Crippen LogP contribution in [0.3, 0.4) is 0 Å². The molecule has 1 aromatic carbocycles. The van der Waals surface area contributed by atoms with E-state index < -0.39 is 5.97 Å². The number of hydrogen-bond acceptors (Lipinski definition) is 5. The third-order valence-corrected chi connectivity index (χ3v) is 4.12. The molecule has 0 amide bonds. The zero-order valence-corrected chi connectivity index (χ0v) is 15.8. The molecule has 26 heavy (non-hydrogen) atoms. The van der Waals surface area contributed by atoms with Crippen molar-refractivity contribution in [2.45, 2.75) is 32.8 Å². The molecule has 0 fully saturated rings. The van der Waals surface area contributed by atoms with Crippen LogP contribution in [-0.2, 0) is 11.2 Å². The minimum absolute atomic E-state index is 0. The molecule has 138 valence electrons. The second-order valence-electron chi connectivity index (χ2n) is 5.82. The Hall–Kier alpha value is -2.31. The monoisotopic (exact) mass is 396 g/mol. The van der Waals surface area contributed by atoms with Crippen LogP contribution in [-0.4, -0.2) is 21.2 Å². The number of ether oxygens (including phenoxy) is 1. The van der Waals surface area contributed by atoms with E-state index in [0.29, 0.717) is 27.4 Å². The van der Waals surface area contributed by atoms with Gasteiger partial charge in [-0.15, -0.1) is 12.4 Å². The van der Waals surface area contributed by atoms with Crippen molar-refractivity contribution in [1.29, 1.82) is 0 Å². The smallest absolute Gasteiger partial charge is 0.303 e. The number of aromatic nitrogens is 2. The summed E-state index contributed by atoms with van der Waals surface area (Å²) in [7, 11) is 0. The van der Waals surface area contributed by atoms with Crippen molar-refractivity contribution in [1.82, 2.24) is 10.1 Å². The molecule has 0 spiro atoms. The minimum Gasteiger partial charge on any atom is -0.483 e. The molecule has 3 aromatic rings.